The molecule has 1 amide bonds. The molecule has 6 nitrogen and oxygen atoms in total. The number of amides is 1. The lowest BCUT2D eigenvalue weighted by molar-refractivity contribution is -0.114. The van der Waals surface area contributed by atoms with Crippen LogP contribution in [0.3, 0.4) is 0 Å². The normalized spacial score (nSPS) is 15.0. The molecule has 0 saturated carbocycles. The van der Waals surface area contributed by atoms with Crippen LogP contribution in [0.1, 0.15) is 0 Å². The van der Waals surface area contributed by atoms with Gasteiger partial charge in [-0.05, 0) is 17.5 Å². The Bertz CT molecular complexity index is 1010. The predicted molar refractivity (Wildman–Crippen MR) is 89.2 cm³/mol. The van der Waals surface area contributed by atoms with Crippen molar-refractivity contribution in [3.63, 3.8) is 0 Å². The van der Waals surface area contributed by atoms with Crippen molar-refractivity contribution in [1.82, 2.24) is 4.98 Å². The van der Waals surface area contributed by atoms with E-state index in [0.717, 1.165) is 9.69 Å². The third kappa shape index (κ3) is 2.18. The Morgan fingerprint density at radius 3 is 2.74 bits per heavy atom. The molecule has 0 spiro atoms. The second kappa shape index (κ2) is 5.04. The molecule has 0 radical (unpaired) electrons. The van der Waals surface area contributed by atoms with Gasteiger partial charge in [-0.25, -0.2) is 13.4 Å². The van der Waals surface area contributed by atoms with E-state index >= 15 is 0 Å². The summed E-state index contributed by atoms with van der Waals surface area (Å²) in [6.45, 7) is -0.282. The van der Waals surface area contributed by atoms with Gasteiger partial charge < -0.3 is 5.32 Å². The van der Waals surface area contributed by atoms with Gasteiger partial charge in [-0.1, -0.05) is 24.3 Å². The molecule has 8 heteroatoms. The fourth-order valence-electron chi connectivity index (χ4n) is 2.70. The Balaban J connectivity index is 1.73. The van der Waals surface area contributed by atoms with Gasteiger partial charge in [0.05, 0.1) is 10.6 Å². The lowest BCUT2D eigenvalue weighted by Gasteiger charge is -2.17. The van der Waals surface area contributed by atoms with Crippen LogP contribution in [-0.2, 0) is 14.8 Å². The monoisotopic (exact) mass is 345 g/mol. The Kier molecular flexibility index (Phi) is 3.10. The summed E-state index contributed by atoms with van der Waals surface area (Å²) < 4.78 is 26.6. The van der Waals surface area contributed by atoms with Gasteiger partial charge in [0.2, 0.25) is 5.91 Å². The van der Waals surface area contributed by atoms with Gasteiger partial charge in [-0.3, -0.25) is 9.10 Å². The van der Waals surface area contributed by atoms with Crippen LogP contribution in [0, 0.1) is 0 Å². The van der Waals surface area contributed by atoms with Crippen LogP contribution >= 0.6 is 11.3 Å². The molecule has 2 heterocycles. The van der Waals surface area contributed by atoms with Gasteiger partial charge >= 0.3 is 0 Å². The lowest BCUT2D eigenvalue weighted by Crippen LogP contribution is -2.35. The van der Waals surface area contributed by atoms with E-state index in [4.69, 9.17) is 0 Å². The molecular weight excluding hydrogens is 334 g/mol. The number of aromatic nitrogens is 1. The van der Waals surface area contributed by atoms with E-state index < -0.39 is 15.9 Å². The number of nitrogens with zero attached hydrogens (tertiary/aromatic N) is 2. The molecule has 4 rings (SSSR count). The fraction of sp³-hybridized carbons (Fsp3) is 0.0667. The Labute approximate surface area is 136 Å². The third-order valence-corrected chi connectivity index (χ3v) is 6.14. The van der Waals surface area contributed by atoms with Gasteiger partial charge in [0, 0.05) is 17.0 Å². The number of hydrogen-bond acceptors (Lipinski definition) is 5. The standard InChI is InChI=1S/C15H11N3O3S2/c19-13(17-15-16-7-8-22-15)9-18-11-5-1-3-10-4-2-6-12(14(10)11)23(18,20)21/h1-8H,9H2,(H,16,17,19). The Morgan fingerprint density at radius 1 is 1.22 bits per heavy atom. The maximum absolute atomic E-state index is 12.7. The summed E-state index contributed by atoms with van der Waals surface area (Å²) in [5.74, 6) is -0.423. The molecule has 116 valence electrons. The van der Waals surface area contributed by atoms with Gasteiger partial charge in [0.15, 0.2) is 5.13 Å². The van der Waals surface area contributed by atoms with Gasteiger partial charge in [-0.15, -0.1) is 11.3 Å². The highest BCUT2D eigenvalue weighted by Gasteiger charge is 2.36. The average Bonchev–Trinajstić information content (AvgIpc) is 3.10. The number of carbonyl (C=O) groups excluding carboxylic acids is 1. The minimum atomic E-state index is -3.72. The van der Waals surface area contributed by atoms with E-state index in [-0.39, 0.29) is 11.4 Å². The first-order chi connectivity index (χ1) is 11.1. The smallest absolute Gasteiger partial charge is 0.265 e. The average molecular weight is 345 g/mol. The molecule has 0 fully saturated rings. The highest BCUT2D eigenvalue weighted by Crippen LogP contribution is 2.41. The van der Waals surface area contributed by atoms with E-state index in [9.17, 15) is 13.2 Å². The minimum Gasteiger partial charge on any atom is -0.300 e. The first-order valence-corrected chi connectivity index (χ1v) is 9.13. The zero-order valence-electron chi connectivity index (χ0n) is 11.8. The predicted octanol–water partition coefficient (Wildman–Crippen LogP) is 2.44. The van der Waals surface area contributed by atoms with E-state index in [0.29, 0.717) is 16.2 Å². The first kappa shape index (κ1) is 14.2. The molecule has 23 heavy (non-hydrogen) atoms. The van der Waals surface area contributed by atoms with Crippen LogP contribution in [0.4, 0.5) is 10.8 Å². The fourth-order valence-corrected chi connectivity index (χ4v) is 4.91. The van der Waals surface area contributed by atoms with Crippen molar-refractivity contribution in [3.8, 4) is 0 Å². The third-order valence-electron chi connectivity index (χ3n) is 3.65. The maximum atomic E-state index is 12.7. The van der Waals surface area contributed by atoms with E-state index in [1.165, 1.54) is 11.3 Å². The van der Waals surface area contributed by atoms with E-state index in [2.05, 4.69) is 10.3 Å². The van der Waals surface area contributed by atoms with Crippen molar-refractivity contribution >= 4 is 48.9 Å². The van der Waals surface area contributed by atoms with Crippen LogP contribution < -0.4 is 9.62 Å². The van der Waals surface area contributed by atoms with Crippen molar-refractivity contribution in [1.29, 1.82) is 0 Å². The number of carbonyl (C=O) groups is 1. The number of hydrogen-bond donors (Lipinski definition) is 1. The zero-order chi connectivity index (χ0) is 16.0. The molecule has 3 aromatic rings. The van der Waals surface area contributed by atoms with Gasteiger partial charge in [-0.2, -0.15) is 0 Å². The zero-order valence-corrected chi connectivity index (χ0v) is 13.4. The van der Waals surface area contributed by atoms with E-state index in [1.54, 1.807) is 35.8 Å². The minimum absolute atomic E-state index is 0.243. The molecule has 0 bridgehead atoms. The molecule has 1 aromatic heterocycles. The van der Waals surface area contributed by atoms with Crippen LogP contribution in [0.15, 0.2) is 52.9 Å². The lowest BCUT2D eigenvalue weighted by atomic mass is 10.1. The number of anilines is 2. The van der Waals surface area contributed by atoms with Gasteiger partial charge in [0.25, 0.3) is 10.0 Å². The summed E-state index contributed by atoms with van der Waals surface area (Å²) in [6.07, 6.45) is 1.57. The van der Waals surface area contributed by atoms with Crippen LogP contribution in [0.2, 0.25) is 0 Å². The van der Waals surface area contributed by atoms with Crippen LogP contribution in [0.25, 0.3) is 10.8 Å². The molecule has 0 aliphatic carbocycles. The molecule has 0 unspecified atom stereocenters. The van der Waals surface area contributed by atoms with E-state index in [1.807, 2.05) is 12.1 Å². The SMILES string of the molecule is O=C(CN1c2cccc3cccc(c23)S1(=O)=O)Nc1nccs1. The first-order valence-electron chi connectivity index (χ1n) is 6.81. The molecule has 0 saturated heterocycles. The highest BCUT2D eigenvalue weighted by molar-refractivity contribution is 7.93. The van der Waals surface area contributed by atoms with Crippen molar-refractivity contribution in [2.75, 3.05) is 16.2 Å². The quantitative estimate of drug-likeness (QED) is 0.791. The Hall–Kier alpha value is -2.45. The van der Waals surface area contributed by atoms with Crippen molar-refractivity contribution in [2.45, 2.75) is 4.90 Å². The largest absolute Gasteiger partial charge is 0.300 e. The number of benzene rings is 2. The van der Waals surface area contributed by atoms with Crippen LogP contribution in [0.5, 0.6) is 0 Å². The Morgan fingerprint density at radius 2 is 2.00 bits per heavy atom. The summed E-state index contributed by atoms with van der Waals surface area (Å²) in [4.78, 5) is 16.4. The van der Waals surface area contributed by atoms with Crippen molar-refractivity contribution < 1.29 is 13.2 Å². The molecule has 1 aliphatic heterocycles. The molecular formula is C15H11N3O3S2. The number of thiazole rings is 1. The van der Waals surface area contributed by atoms with Crippen molar-refractivity contribution in [3.05, 3.63) is 48.0 Å². The summed E-state index contributed by atoms with van der Waals surface area (Å²) in [7, 11) is -3.72. The van der Waals surface area contributed by atoms with Gasteiger partial charge in [0.1, 0.15) is 6.54 Å². The summed E-state index contributed by atoms with van der Waals surface area (Å²) in [5, 5.41) is 6.29. The number of rotatable bonds is 3. The number of sulfonamides is 1. The summed E-state index contributed by atoms with van der Waals surface area (Å²) in [5.41, 5.74) is 0.535. The summed E-state index contributed by atoms with van der Waals surface area (Å²) >= 11 is 1.28. The summed E-state index contributed by atoms with van der Waals surface area (Å²) in [6, 6.07) is 10.5. The van der Waals surface area contributed by atoms with Crippen LogP contribution in [-0.4, -0.2) is 25.9 Å². The molecule has 1 aliphatic rings. The molecule has 0 atom stereocenters. The second-order valence-electron chi connectivity index (χ2n) is 5.03. The second-order valence-corrected chi connectivity index (χ2v) is 7.75. The molecule has 1 N–H and O–H groups in total. The number of nitrogens with one attached hydrogen (secondary N) is 1. The van der Waals surface area contributed by atoms with Crippen molar-refractivity contribution in [2.24, 2.45) is 0 Å². The molecule has 2 aromatic carbocycles. The maximum Gasteiger partial charge on any atom is 0.265 e. The topological polar surface area (TPSA) is 79.4 Å². The highest BCUT2D eigenvalue weighted by atomic mass is 32.2.